The van der Waals surface area contributed by atoms with E-state index in [2.05, 4.69) is 12.0 Å². The second-order valence-corrected chi connectivity index (χ2v) is 8.18. The molecule has 3 heterocycles. The van der Waals surface area contributed by atoms with Crippen LogP contribution in [0.15, 0.2) is 36.5 Å². The fourth-order valence-electron chi connectivity index (χ4n) is 5.16. The van der Waals surface area contributed by atoms with Crippen molar-refractivity contribution < 1.29 is 14.7 Å². The molecule has 28 heavy (non-hydrogen) atoms. The number of nitrogens with zero attached hydrogens (tertiary/aromatic N) is 3. The third-order valence-corrected chi connectivity index (χ3v) is 6.39. The number of rotatable bonds is 6. The number of carboxylic acid groups (broad SMARTS) is 1. The number of aliphatic carboxylic acids is 1. The highest BCUT2D eigenvalue weighted by atomic mass is 16.4. The Kier molecular flexibility index (Phi) is 4.73. The summed E-state index contributed by atoms with van der Waals surface area (Å²) in [5.41, 5.74) is 1.42. The number of hydrogen-bond acceptors (Lipinski definition) is 3. The topological polar surface area (TPSA) is 75.4 Å². The van der Waals surface area contributed by atoms with Crippen LogP contribution >= 0.6 is 0 Å². The van der Waals surface area contributed by atoms with Gasteiger partial charge in [-0.1, -0.05) is 37.3 Å². The highest BCUT2D eigenvalue weighted by Gasteiger charge is 2.61. The van der Waals surface area contributed by atoms with E-state index in [1.165, 1.54) is 0 Å². The van der Waals surface area contributed by atoms with E-state index < -0.39 is 11.4 Å². The zero-order chi connectivity index (χ0) is 19.9. The Bertz CT molecular complexity index is 892. The first-order valence-electron chi connectivity index (χ1n) is 10.1. The van der Waals surface area contributed by atoms with Gasteiger partial charge in [0.15, 0.2) is 0 Å². The number of fused-ring (bicyclic) bond motifs is 2. The summed E-state index contributed by atoms with van der Waals surface area (Å²) in [5.74, 6) is -0.858. The fraction of sp³-hybridized carbons (Fsp3) is 0.500. The third kappa shape index (κ3) is 2.91. The molecule has 2 aliphatic rings. The third-order valence-electron chi connectivity index (χ3n) is 6.39. The van der Waals surface area contributed by atoms with Crippen LogP contribution in [0.25, 0.3) is 0 Å². The number of hydrogen-bond donors (Lipinski definition) is 1. The lowest BCUT2D eigenvalue weighted by Gasteiger charge is -2.33. The Morgan fingerprint density at radius 2 is 2.00 bits per heavy atom. The second-order valence-electron chi connectivity index (χ2n) is 8.18. The smallest absolute Gasteiger partial charge is 0.312 e. The standard InChI is InChI=1S/C22H27N3O3/c1-3-11-24-14-18(15(2)23-24)20(26)25-17-9-10-19(25)22(13-17,21(27)28)12-16-7-5-4-6-8-16/h4-8,14,17,19H,3,9-13H2,1-2H3,(H,27,28)/t17-,19+,22+/m0/s1. The molecule has 1 aromatic heterocycles. The molecule has 1 aromatic carbocycles. The molecule has 3 atom stereocenters. The zero-order valence-electron chi connectivity index (χ0n) is 16.5. The molecule has 2 bridgehead atoms. The van der Waals surface area contributed by atoms with Gasteiger partial charge < -0.3 is 10.0 Å². The number of carbonyl (C=O) groups is 2. The largest absolute Gasteiger partial charge is 0.481 e. The van der Waals surface area contributed by atoms with E-state index in [0.29, 0.717) is 24.1 Å². The maximum absolute atomic E-state index is 13.4. The fourth-order valence-corrected chi connectivity index (χ4v) is 5.16. The van der Waals surface area contributed by atoms with Crippen molar-refractivity contribution in [1.82, 2.24) is 14.7 Å². The van der Waals surface area contributed by atoms with Gasteiger partial charge in [0.25, 0.3) is 5.91 Å². The molecule has 0 saturated carbocycles. The highest BCUT2D eigenvalue weighted by Crippen LogP contribution is 2.52. The summed E-state index contributed by atoms with van der Waals surface area (Å²) in [7, 11) is 0. The molecule has 6 nitrogen and oxygen atoms in total. The highest BCUT2D eigenvalue weighted by molar-refractivity contribution is 5.96. The summed E-state index contributed by atoms with van der Waals surface area (Å²) in [4.78, 5) is 27.7. The summed E-state index contributed by atoms with van der Waals surface area (Å²) in [6.45, 7) is 4.70. The molecule has 0 radical (unpaired) electrons. The number of aromatic nitrogens is 2. The lowest BCUT2D eigenvalue weighted by molar-refractivity contribution is -0.150. The van der Waals surface area contributed by atoms with Crippen molar-refractivity contribution in [3.8, 4) is 0 Å². The molecule has 148 valence electrons. The molecule has 2 aromatic rings. The van der Waals surface area contributed by atoms with Gasteiger partial charge in [0.1, 0.15) is 0 Å². The van der Waals surface area contributed by atoms with E-state index in [-0.39, 0.29) is 18.0 Å². The van der Waals surface area contributed by atoms with Crippen LogP contribution in [-0.4, -0.2) is 43.7 Å². The Balaban J connectivity index is 1.65. The van der Waals surface area contributed by atoms with Crippen molar-refractivity contribution in [2.75, 3.05) is 0 Å². The normalized spacial score (nSPS) is 26.0. The van der Waals surface area contributed by atoms with Crippen molar-refractivity contribution in [3.05, 3.63) is 53.3 Å². The van der Waals surface area contributed by atoms with Gasteiger partial charge in [0.05, 0.1) is 16.7 Å². The minimum absolute atomic E-state index is 0.00811. The molecular weight excluding hydrogens is 354 g/mol. The van der Waals surface area contributed by atoms with Gasteiger partial charge in [-0.3, -0.25) is 14.3 Å². The molecule has 1 amide bonds. The van der Waals surface area contributed by atoms with Gasteiger partial charge in [0, 0.05) is 24.8 Å². The van der Waals surface area contributed by atoms with Crippen LogP contribution in [-0.2, 0) is 17.8 Å². The Hall–Kier alpha value is -2.63. The number of aryl methyl sites for hydroxylation is 2. The van der Waals surface area contributed by atoms with Gasteiger partial charge >= 0.3 is 5.97 Å². The minimum Gasteiger partial charge on any atom is -0.481 e. The summed E-state index contributed by atoms with van der Waals surface area (Å²) < 4.78 is 1.81. The molecule has 1 N–H and O–H groups in total. The zero-order valence-corrected chi connectivity index (χ0v) is 16.5. The first-order valence-corrected chi connectivity index (χ1v) is 10.1. The van der Waals surface area contributed by atoms with E-state index in [1.807, 2.05) is 53.0 Å². The molecule has 0 spiro atoms. The van der Waals surface area contributed by atoms with E-state index in [1.54, 1.807) is 0 Å². The van der Waals surface area contributed by atoms with Gasteiger partial charge in [0.2, 0.25) is 0 Å². The average molecular weight is 381 g/mol. The number of carboxylic acids is 1. The summed E-state index contributed by atoms with van der Waals surface area (Å²) in [5, 5.41) is 14.6. The number of amides is 1. The summed E-state index contributed by atoms with van der Waals surface area (Å²) >= 11 is 0. The Morgan fingerprint density at radius 3 is 2.68 bits per heavy atom. The van der Waals surface area contributed by atoms with Crippen LogP contribution in [0.1, 0.15) is 54.2 Å². The van der Waals surface area contributed by atoms with Gasteiger partial charge in [-0.05, 0) is 44.6 Å². The van der Waals surface area contributed by atoms with Crippen molar-refractivity contribution in [2.45, 2.75) is 64.6 Å². The van der Waals surface area contributed by atoms with E-state index in [4.69, 9.17) is 0 Å². The SMILES string of the molecule is CCCn1cc(C(=O)N2[C@H]3CC[C@@H]2[C@](Cc2ccccc2)(C(=O)O)C3)c(C)n1. The molecule has 2 aliphatic heterocycles. The molecule has 0 aliphatic carbocycles. The molecular formula is C22H27N3O3. The Labute approximate surface area is 165 Å². The Morgan fingerprint density at radius 1 is 1.25 bits per heavy atom. The van der Waals surface area contributed by atoms with Crippen LogP contribution in [0.2, 0.25) is 0 Å². The average Bonchev–Trinajstić information content (AvgIpc) is 3.34. The molecule has 2 saturated heterocycles. The van der Waals surface area contributed by atoms with Crippen molar-refractivity contribution in [3.63, 3.8) is 0 Å². The molecule has 0 unspecified atom stereocenters. The summed E-state index contributed by atoms with van der Waals surface area (Å²) in [6, 6.07) is 9.48. The predicted molar refractivity (Wildman–Crippen MR) is 105 cm³/mol. The van der Waals surface area contributed by atoms with Crippen molar-refractivity contribution in [2.24, 2.45) is 5.41 Å². The summed E-state index contributed by atoms with van der Waals surface area (Å²) in [6.07, 6.45) is 5.37. The van der Waals surface area contributed by atoms with Gasteiger partial charge in [-0.15, -0.1) is 0 Å². The van der Waals surface area contributed by atoms with Crippen LogP contribution in [0, 0.1) is 12.3 Å². The quantitative estimate of drug-likeness (QED) is 0.833. The first kappa shape index (κ1) is 18.7. The lowest BCUT2D eigenvalue weighted by atomic mass is 9.70. The maximum Gasteiger partial charge on any atom is 0.312 e. The van der Waals surface area contributed by atoms with Crippen LogP contribution < -0.4 is 0 Å². The predicted octanol–water partition coefficient (Wildman–Crippen LogP) is 3.29. The second kappa shape index (κ2) is 7.08. The minimum atomic E-state index is -0.909. The maximum atomic E-state index is 13.4. The van der Waals surface area contributed by atoms with E-state index in [0.717, 1.165) is 31.4 Å². The van der Waals surface area contributed by atoms with Gasteiger partial charge in [-0.2, -0.15) is 5.10 Å². The van der Waals surface area contributed by atoms with Crippen LogP contribution in [0.5, 0.6) is 0 Å². The van der Waals surface area contributed by atoms with Crippen molar-refractivity contribution >= 4 is 11.9 Å². The molecule has 6 heteroatoms. The van der Waals surface area contributed by atoms with Crippen molar-refractivity contribution in [1.29, 1.82) is 0 Å². The number of benzene rings is 1. The van der Waals surface area contributed by atoms with Gasteiger partial charge in [-0.25, -0.2) is 0 Å². The lowest BCUT2D eigenvalue weighted by Crippen LogP contribution is -2.46. The van der Waals surface area contributed by atoms with Crippen LogP contribution in [0.3, 0.4) is 0 Å². The number of carbonyl (C=O) groups excluding carboxylic acids is 1. The molecule has 2 fully saturated rings. The first-order chi connectivity index (χ1) is 13.5. The van der Waals surface area contributed by atoms with E-state index in [9.17, 15) is 14.7 Å². The van der Waals surface area contributed by atoms with Crippen LogP contribution in [0.4, 0.5) is 0 Å². The monoisotopic (exact) mass is 381 g/mol. The van der Waals surface area contributed by atoms with E-state index >= 15 is 0 Å². The molecule has 4 rings (SSSR count).